The Bertz CT molecular complexity index is 396. The molecule has 0 N–H and O–H groups in total. The van der Waals surface area contributed by atoms with Crippen LogP contribution in [0.2, 0.25) is 0 Å². The topological polar surface area (TPSA) is 26.3 Å². The Hall–Kier alpha value is -1.57. The summed E-state index contributed by atoms with van der Waals surface area (Å²) in [6, 6.07) is 9.84. The molecule has 0 aliphatic carbocycles. The van der Waals surface area contributed by atoms with E-state index in [-0.39, 0.29) is 12.1 Å². The number of hydrogen-bond donors (Lipinski definition) is 0. The molecule has 2 unspecified atom stereocenters. The van der Waals surface area contributed by atoms with E-state index in [2.05, 4.69) is 6.58 Å². The number of rotatable bonds is 3. The van der Waals surface area contributed by atoms with Gasteiger partial charge in [-0.2, -0.15) is 0 Å². The molecule has 16 heavy (non-hydrogen) atoms. The van der Waals surface area contributed by atoms with Gasteiger partial charge in [-0.25, -0.2) is 0 Å². The van der Waals surface area contributed by atoms with E-state index in [1.54, 1.807) is 6.08 Å². The van der Waals surface area contributed by atoms with Crippen molar-refractivity contribution >= 4 is 5.97 Å². The van der Waals surface area contributed by atoms with Crippen LogP contribution >= 0.6 is 0 Å². The van der Waals surface area contributed by atoms with Gasteiger partial charge in [-0.15, -0.1) is 6.58 Å². The quantitative estimate of drug-likeness (QED) is 0.573. The van der Waals surface area contributed by atoms with Crippen molar-refractivity contribution in [2.24, 2.45) is 0 Å². The second kappa shape index (κ2) is 4.12. The minimum atomic E-state index is -0.511. The van der Waals surface area contributed by atoms with Crippen LogP contribution in [-0.4, -0.2) is 12.1 Å². The molecule has 0 amide bonds. The second-order valence-electron chi connectivity index (χ2n) is 4.36. The molecule has 2 rings (SSSR count). The van der Waals surface area contributed by atoms with Crippen molar-refractivity contribution in [2.75, 3.05) is 0 Å². The van der Waals surface area contributed by atoms with E-state index in [1.807, 2.05) is 37.3 Å². The molecule has 1 aromatic rings. The molecule has 0 saturated carbocycles. The van der Waals surface area contributed by atoms with Gasteiger partial charge in [0.1, 0.15) is 6.10 Å². The summed E-state index contributed by atoms with van der Waals surface area (Å²) in [5.41, 5.74) is 0.520. The lowest BCUT2D eigenvalue weighted by molar-refractivity contribution is -0.145. The molecule has 0 spiro atoms. The highest BCUT2D eigenvalue weighted by molar-refractivity contribution is 5.85. The van der Waals surface area contributed by atoms with Gasteiger partial charge in [0.05, 0.1) is 5.41 Å². The molecule has 1 aliphatic rings. The highest BCUT2D eigenvalue weighted by Gasteiger charge is 2.47. The highest BCUT2D eigenvalue weighted by atomic mass is 16.6. The first-order valence-corrected chi connectivity index (χ1v) is 5.56. The van der Waals surface area contributed by atoms with Gasteiger partial charge in [-0.1, -0.05) is 36.4 Å². The monoisotopic (exact) mass is 216 g/mol. The van der Waals surface area contributed by atoms with Crippen molar-refractivity contribution in [1.82, 2.24) is 0 Å². The smallest absolute Gasteiger partial charge is 0.317 e. The van der Waals surface area contributed by atoms with Crippen LogP contribution in [0.5, 0.6) is 0 Å². The average Bonchev–Trinajstić information content (AvgIpc) is 2.57. The van der Waals surface area contributed by atoms with E-state index in [4.69, 9.17) is 4.74 Å². The zero-order valence-electron chi connectivity index (χ0n) is 9.48. The zero-order valence-corrected chi connectivity index (χ0v) is 9.48. The largest absolute Gasteiger partial charge is 0.462 e. The molecule has 1 aromatic carbocycles. The van der Waals surface area contributed by atoms with Crippen molar-refractivity contribution in [1.29, 1.82) is 0 Å². The third-order valence-electron chi connectivity index (χ3n) is 3.15. The maximum absolute atomic E-state index is 12.0. The van der Waals surface area contributed by atoms with Crippen LogP contribution in [-0.2, 0) is 14.9 Å². The minimum Gasteiger partial charge on any atom is -0.462 e. The van der Waals surface area contributed by atoms with Crippen LogP contribution in [0.15, 0.2) is 43.0 Å². The summed E-state index contributed by atoms with van der Waals surface area (Å²) in [7, 11) is 0. The fourth-order valence-electron chi connectivity index (χ4n) is 2.44. The van der Waals surface area contributed by atoms with E-state index < -0.39 is 5.41 Å². The Labute approximate surface area is 95.9 Å². The van der Waals surface area contributed by atoms with E-state index in [1.165, 1.54) is 0 Å². The fraction of sp³-hybridized carbons (Fsp3) is 0.357. The summed E-state index contributed by atoms with van der Waals surface area (Å²) in [5.74, 6) is -0.119. The number of cyclic esters (lactones) is 1. The predicted octanol–water partition coefficient (Wildman–Crippen LogP) is 2.84. The normalized spacial score (nSPS) is 28.8. The predicted molar refractivity (Wildman–Crippen MR) is 63.1 cm³/mol. The first-order valence-electron chi connectivity index (χ1n) is 5.56. The van der Waals surface area contributed by atoms with Crippen LogP contribution < -0.4 is 0 Å². The molecule has 84 valence electrons. The number of benzene rings is 1. The number of carbonyl (C=O) groups excluding carboxylic acids is 1. The summed E-state index contributed by atoms with van der Waals surface area (Å²) in [6.45, 7) is 5.68. The standard InChI is InChI=1S/C14H16O2/c1-3-9-14(10-11(2)16-13(14)15)12-7-5-4-6-8-12/h3-8,11H,1,9-10H2,2H3. The number of carbonyl (C=O) groups is 1. The second-order valence-corrected chi connectivity index (χ2v) is 4.36. The molecule has 0 aromatic heterocycles. The Morgan fingerprint density at radius 2 is 2.19 bits per heavy atom. The highest BCUT2D eigenvalue weighted by Crippen LogP contribution is 2.40. The van der Waals surface area contributed by atoms with Gasteiger partial charge in [0.25, 0.3) is 0 Å². The number of esters is 1. The first kappa shape index (κ1) is 10.9. The molecular formula is C14H16O2. The van der Waals surface area contributed by atoms with Crippen molar-refractivity contribution in [3.63, 3.8) is 0 Å². The van der Waals surface area contributed by atoms with Crippen LogP contribution in [0.25, 0.3) is 0 Å². The number of allylic oxidation sites excluding steroid dienone is 1. The molecular weight excluding hydrogens is 200 g/mol. The molecule has 2 nitrogen and oxygen atoms in total. The van der Waals surface area contributed by atoms with E-state index in [0.717, 1.165) is 12.0 Å². The van der Waals surface area contributed by atoms with Crippen LogP contribution in [0.3, 0.4) is 0 Å². The first-order chi connectivity index (χ1) is 7.69. The molecule has 2 atom stereocenters. The molecule has 1 saturated heterocycles. The lowest BCUT2D eigenvalue weighted by atomic mass is 9.75. The van der Waals surface area contributed by atoms with Gasteiger partial charge >= 0.3 is 5.97 Å². The molecule has 0 bridgehead atoms. The minimum absolute atomic E-state index is 0.00680. The van der Waals surface area contributed by atoms with Crippen molar-refractivity contribution < 1.29 is 9.53 Å². The van der Waals surface area contributed by atoms with Crippen LogP contribution in [0.4, 0.5) is 0 Å². The SMILES string of the molecule is C=CCC1(c2ccccc2)CC(C)OC1=O. The van der Waals surface area contributed by atoms with Crippen molar-refractivity contribution in [3.8, 4) is 0 Å². The summed E-state index contributed by atoms with van der Waals surface area (Å²) >= 11 is 0. The molecule has 1 fully saturated rings. The Balaban J connectivity index is 2.44. The zero-order chi connectivity index (χ0) is 11.6. The van der Waals surface area contributed by atoms with Crippen LogP contribution in [0.1, 0.15) is 25.3 Å². The van der Waals surface area contributed by atoms with Gasteiger partial charge in [-0.3, -0.25) is 4.79 Å². The van der Waals surface area contributed by atoms with E-state index >= 15 is 0 Å². The fourth-order valence-corrected chi connectivity index (χ4v) is 2.44. The van der Waals surface area contributed by atoms with Gasteiger partial charge < -0.3 is 4.74 Å². The summed E-state index contributed by atoms with van der Waals surface area (Å²) in [6.07, 6.45) is 3.17. The lowest BCUT2D eigenvalue weighted by Crippen LogP contribution is -2.30. The third-order valence-corrected chi connectivity index (χ3v) is 3.15. The van der Waals surface area contributed by atoms with E-state index in [9.17, 15) is 4.79 Å². The van der Waals surface area contributed by atoms with Gasteiger partial charge in [0.15, 0.2) is 0 Å². The number of ether oxygens (including phenoxy) is 1. The molecule has 0 radical (unpaired) electrons. The Kier molecular flexibility index (Phi) is 2.82. The van der Waals surface area contributed by atoms with E-state index in [0.29, 0.717) is 6.42 Å². The van der Waals surface area contributed by atoms with Gasteiger partial charge in [-0.05, 0) is 18.9 Å². The van der Waals surface area contributed by atoms with Crippen molar-refractivity contribution in [2.45, 2.75) is 31.3 Å². The average molecular weight is 216 g/mol. The Morgan fingerprint density at radius 3 is 2.69 bits per heavy atom. The van der Waals surface area contributed by atoms with Crippen LogP contribution in [0, 0.1) is 0 Å². The molecule has 2 heteroatoms. The Morgan fingerprint density at radius 1 is 1.50 bits per heavy atom. The molecule has 1 heterocycles. The summed E-state index contributed by atoms with van der Waals surface area (Å²) in [5, 5.41) is 0. The maximum atomic E-state index is 12.0. The third kappa shape index (κ3) is 1.64. The maximum Gasteiger partial charge on any atom is 0.317 e. The molecule has 1 aliphatic heterocycles. The lowest BCUT2D eigenvalue weighted by Gasteiger charge is -2.23. The van der Waals surface area contributed by atoms with Gasteiger partial charge in [0.2, 0.25) is 0 Å². The number of hydrogen-bond acceptors (Lipinski definition) is 2. The van der Waals surface area contributed by atoms with Gasteiger partial charge in [0, 0.05) is 6.42 Å². The summed E-state index contributed by atoms with van der Waals surface area (Å²) in [4.78, 5) is 12.0. The summed E-state index contributed by atoms with van der Waals surface area (Å²) < 4.78 is 5.30. The van der Waals surface area contributed by atoms with Crippen molar-refractivity contribution in [3.05, 3.63) is 48.6 Å².